The molecule has 0 spiro atoms. The molecule has 0 aromatic heterocycles. The molecule has 0 aliphatic heterocycles. The van der Waals surface area contributed by atoms with Crippen molar-refractivity contribution in [2.24, 2.45) is 0 Å². The third-order valence-corrected chi connectivity index (χ3v) is 0.918. The number of rotatable bonds is 2. The van der Waals surface area contributed by atoms with Gasteiger partial charge in [0, 0.05) is 0 Å². The van der Waals surface area contributed by atoms with Gasteiger partial charge in [-0.15, -0.1) is 0 Å². The fraction of sp³-hybridized carbons (Fsp3) is 1.00. The summed E-state index contributed by atoms with van der Waals surface area (Å²) >= 11 is 0. The van der Waals surface area contributed by atoms with Gasteiger partial charge in [-0.1, -0.05) is 4.39 Å². The summed E-state index contributed by atoms with van der Waals surface area (Å²) in [4.78, 5) is 0. The van der Waals surface area contributed by atoms with Gasteiger partial charge in [-0.3, -0.25) is 0 Å². The maximum atomic E-state index is 10.9. The molecule has 0 atom stereocenters. The van der Waals surface area contributed by atoms with Crippen LogP contribution in [-0.2, 0) is 14.5 Å². The standard InChI is InChI=1S/CHF3O3S.Na.H/c2-1(3)8(5,6)7-4;;/h1H;;. The van der Waals surface area contributed by atoms with Crippen molar-refractivity contribution in [2.45, 2.75) is 5.76 Å². The molecule has 0 bridgehead atoms. The van der Waals surface area contributed by atoms with E-state index >= 15 is 0 Å². The Morgan fingerprint density at radius 3 is 1.67 bits per heavy atom. The van der Waals surface area contributed by atoms with E-state index in [0.29, 0.717) is 0 Å². The van der Waals surface area contributed by atoms with Gasteiger partial charge < -0.3 is 0 Å². The molecule has 3 nitrogen and oxygen atoms in total. The molecule has 0 aromatic rings. The molecular formula is CH2F3NaO3S. The maximum absolute atomic E-state index is 10.9. The molecule has 0 radical (unpaired) electrons. The minimum absolute atomic E-state index is 0. The number of hydrogen-bond donors (Lipinski definition) is 0. The summed E-state index contributed by atoms with van der Waals surface area (Å²) in [6, 6.07) is 0. The Morgan fingerprint density at radius 2 is 1.67 bits per heavy atom. The van der Waals surface area contributed by atoms with Gasteiger partial charge in [0.1, 0.15) is 0 Å². The second-order valence-electron chi connectivity index (χ2n) is 0.816. The first-order valence-corrected chi connectivity index (χ1v) is 2.80. The van der Waals surface area contributed by atoms with Gasteiger partial charge in [0.15, 0.2) is 0 Å². The molecular weight excluding hydrogens is 172 g/mol. The van der Waals surface area contributed by atoms with Crippen LogP contribution >= 0.6 is 0 Å². The van der Waals surface area contributed by atoms with E-state index in [4.69, 9.17) is 0 Å². The first kappa shape index (κ1) is 12.4. The Morgan fingerprint density at radius 1 is 1.33 bits per heavy atom. The summed E-state index contributed by atoms with van der Waals surface area (Å²) in [5.74, 6) is -3.81. The van der Waals surface area contributed by atoms with Crippen molar-refractivity contribution in [3.8, 4) is 0 Å². The van der Waals surface area contributed by atoms with Crippen molar-refractivity contribution < 1.29 is 26.1 Å². The van der Waals surface area contributed by atoms with Gasteiger partial charge in [0.2, 0.25) is 0 Å². The van der Waals surface area contributed by atoms with E-state index in [0.717, 1.165) is 0 Å². The van der Waals surface area contributed by atoms with E-state index in [1.54, 1.807) is 0 Å². The second kappa shape index (κ2) is 4.51. The summed E-state index contributed by atoms with van der Waals surface area (Å²) in [5, 5.41) is 0. The van der Waals surface area contributed by atoms with Crippen LogP contribution in [0.15, 0.2) is 0 Å². The molecule has 0 saturated carbocycles. The summed E-state index contributed by atoms with van der Waals surface area (Å²) in [6.07, 6.45) is 0. The summed E-state index contributed by atoms with van der Waals surface area (Å²) < 4.78 is 52.8. The van der Waals surface area contributed by atoms with E-state index in [1.807, 2.05) is 4.39 Å². The van der Waals surface area contributed by atoms with Gasteiger partial charge in [-0.2, -0.15) is 17.2 Å². The Labute approximate surface area is 71.5 Å². The van der Waals surface area contributed by atoms with Gasteiger partial charge in [-0.25, -0.2) is 0 Å². The Kier molecular flexibility index (Phi) is 6.20. The molecule has 0 N–H and O–H groups in total. The zero-order valence-corrected chi connectivity index (χ0v) is 4.16. The van der Waals surface area contributed by atoms with Crippen molar-refractivity contribution in [1.29, 1.82) is 0 Å². The van der Waals surface area contributed by atoms with E-state index in [9.17, 15) is 21.7 Å². The predicted octanol–water partition coefficient (Wildman–Crippen LogP) is -0.209. The molecule has 52 valence electrons. The normalized spacial score (nSPS) is 11.1. The van der Waals surface area contributed by atoms with E-state index in [1.165, 1.54) is 0 Å². The van der Waals surface area contributed by atoms with Crippen LogP contribution in [0.3, 0.4) is 0 Å². The molecule has 0 aliphatic carbocycles. The van der Waals surface area contributed by atoms with Crippen molar-refractivity contribution in [3.63, 3.8) is 0 Å². The molecule has 9 heavy (non-hydrogen) atoms. The SMILES string of the molecule is O=S(=O)(OF)C(F)F.[NaH]. The number of hydrogen-bond acceptors (Lipinski definition) is 3. The first-order chi connectivity index (χ1) is 3.50. The van der Waals surface area contributed by atoms with Crippen LogP contribution in [0.4, 0.5) is 13.3 Å². The van der Waals surface area contributed by atoms with Crippen LogP contribution in [0.25, 0.3) is 0 Å². The van der Waals surface area contributed by atoms with Crippen molar-refractivity contribution in [3.05, 3.63) is 0 Å². The number of halogens is 3. The third-order valence-electron chi connectivity index (χ3n) is 0.306. The van der Waals surface area contributed by atoms with Gasteiger partial charge in [0.05, 0.1) is 0 Å². The third kappa shape index (κ3) is 4.15. The van der Waals surface area contributed by atoms with E-state index < -0.39 is 15.9 Å². The molecule has 0 fully saturated rings. The zero-order valence-electron chi connectivity index (χ0n) is 3.34. The molecule has 0 saturated heterocycles. The molecule has 0 aliphatic rings. The Balaban J connectivity index is 0. The molecule has 0 unspecified atom stereocenters. The van der Waals surface area contributed by atoms with Crippen LogP contribution in [0, 0.1) is 0 Å². The summed E-state index contributed by atoms with van der Waals surface area (Å²) in [6.45, 7) is 0. The summed E-state index contributed by atoms with van der Waals surface area (Å²) in [5.41, 5.74) is 0. The zero-order chi connectivity index (χ0) is 6.78. The van der Waals surface area contributed by atoms with Crippen molar-refractivity contribution in [2.75, 3.05) is 0 Å². The van der Waals surface area contributed by atoms with Crippen LogP contribution in [0.2, 0.25) is 0 Å². The average molecular weight is 174 g/mol. The predicted molar refractivity (Wildman–Crippen MR) is 24.3 cm³/mol. The van der Waals surface area contributed by atoms with E-state index in [2.05, 4.69) is 0 Å². The summed E-state index contributed by atoms with van der Waals surface area (Å²) in [7, 11) is -5.24. The van der Waals surface area contributed by atoms with Crippen LogP contribution < -0.4 is 0 Å². The average Bonchev–Trinajstić information content (AvgIpc) is 1.67. The van der Waals surface area contributed by atoms with Crippen molar-refractivity contribution >= 4 is 39.7 Å². The Bertz CT molecular complexity index is 152. The molecule has 0 amide bonds. The fourth-order valence-electron chi connectivity index (χ4n) is 0.0275. The van der Waals surface area contributed by atoms with Gasteiger partial charge >= 0.3 is 45.4 Å². The molecule has 0 aromatic carbocycles. The number of alkyl halides is 2. The second-order valence-corrected chi connectivity index (χ2v) is 2.28. The molecule has 0 heterocycles. The van der Waals surface area contributed by atoms with Gasteiger partial charge in [0.25, 0.3) is 0 Å². The monoisotopic (exact) mass is 174 g/mol. The fourth-order valence-corrected chi connectivity index (χ4v) is 0.0825. The van der Waals surface area contributed by atoms with Gasteiger partial charge in [-0.05, 0) is 4.53 Å². The molecule has 0 rings (SSSR count). The minimum atomic E-state index is -5.24. The van der Waals surface area contributed by atoms with Crippen LogP contribution in [0.1, 0.15) is 0 Å². The van der Waals surface area contributed by atoms with Crippen molar-refractivity contribution in [1.82, 2.24) is 0 Å². The van der Waals surface area contributed by atoms with Crippen LogP contribution in [-0.4, -0.2) is 43.7 Å². The van der Waals surface area contributed by atoms with Crippen LogP contribution in [0.5, 0.6) is 0 Å². The topological polar surface area (TPSA) is 43.4 Å². The van der Waals surface area contributed by atoms with E-state index in [-0.39, 0.29) is 29.6 Å². The quantitative estimate of drug-likeness (QED) is 0.544. The Hall–Kier alpha value is 0.700. The molecule has 8 heteroatoms. The first-order valence-electron chi connectivity index (χ1n) is 1.33.